The molecule has 1 aliphatic heterocycles. The maximum absolute atomic E-state index is 6.33. The molecule has 1 fully saturated rings. The number of nitrogens with zero attached hydrogens (tertiary/aromatic N) is 2. The zero-order valence-corrected chi connectivity index (χ0v) is 25.3. The van der Waals surface area contributed by atoms with Crippen molar-refractivity contribution in [3.63, 3.8) is 0 Å². The van der Waals surface area contributed by atoms with Crippen LogP contribution in [0.15, 0.2) is 60.8 Å². The summed E-state index contributed by atoms with van der Waals surface area (Å²) >= 11 is 0. The lowest BCUT2D eigenvalue weighted by molar-refractivity contribution is 0.00578. The Balaban J connectivity index is 1.46. The number of benzene rings is 3. The van der Waals surface area contributed by atoms with Crippen LogP contribution in [0.25, 0.3) is 22.0 Å². The van der Waals surface area contributed by atoms with Gasteiger partial charge in [0.25, 0.3) is 0 Å². The molecular formula is C32H38BN3O6. The molecule has 0 saturated carbocycles. The molecule has 0 radical (unpaired) electrons. The van der Waals surface area contributed by atoms with E-state index in [1.807, 2.05) is 42.5 Å². The molecule has 10 heteroatoms. The zero-order chi connectivity index (χ0) is 29.9. The van der Waals surface area contributed by atoms with Crippen molar-refractivity contribution in [2.75, 3.05) is 39.9 Å². The Bertz CT molecular complexity index is 1550. The molecule has 2 heterocycles. The molecule has 1 saturated heterocycles. The van der Waals surface area contributed by atoms with Crippen molar-refractivity contribution < 1.29 is 28.3 Å². The number of aromatic nitrogens is 2. The van der Waals surface area contributed by atoms with Crippen molar-refractivity contribution >= 4 is 29.2 Å². The Labute approximate surface area is 247 Å². The maximum Gasteiger partial charge on any atom is 0.494 e. The third-order valence-corrected chi connectivity index (χ3v) is 7.99. The van der Waals surface area contributed by atoms with Crippen molar-refractivity contribution in [3.05, 3.63) is 66.4 Å². The van der Waals surface area contributed by atoms with E-state index in [2.05, 4.69) is 55.3 Å². The Morgan fingerprint density at radius 3 is 2.33 bits per heavy atom. The summed E-state index contributed by atoms with van der Waals surface area (Å²) in [6.45, 7) is 9.65. The first-order chi connectivity index (χ1) is 20.2. The van der Waals surface area contributed by atoms with E-state index in [1.165, 1.54) is 0 Å². The Hall–Kier alpha value is -3.86. The molecule has 0 aliphatic carbocycles. The predicted octanol–water partition coefficient (Wildman–Crippen LogP) is 5.25. The molecule has 1 aromatic heterocycles. The van der Waals surface area contributed by atoms with E-state index in [9.17, 15) is 0 Å². The first-order valence-corrected chi connectivity index (χ1v) is 14.0. The van der Waals surface area contributed by atoms with Crippen LogP contribution in [0.3, 0.4) is 0 Å². The van der Waals surface area contributed by atoms with Crippen LogP contribution < -0.4 is 25.0 Å². The van der Waals surface area contributed by atoms with E-state index in [0.29, 0.717) is 19.8 Å². The molecular weight excluding hydrogens is 533 g/mol. The Morgan fingerprint density at radius 2 is 1.62 bits per heavy atom. The van der Waals surface area contributed by atoms with Gasteiger partial charge in [0.15, 0.2) is 0 Å². The Morgan fingerprint density at radius 1 is 0.833 bits per heavy atom. The summed E-state index contributed by atoms with van der Waals surface area (Å²) in [5.74, 6) is 2.23. The van der Waals surface area contributed by atoms with Gasteiger partial charge in [0.2, 0.25) is 0 Å². The molecule has 5 rings (SSSR count). The molecule has 1 N–H and O–H groups in total. The van der Waals surface area contributed by atoms with Gasteiger partial charge in [-0.2, -0.15) is 10.2 Å². The van der Waals surface area contributed by atoms with Crippen LogP contribution in [0.1, 0.15) is 33.3 Å². The number of methoxy groups -OCH3 is 3. The summed E-state index contributed by atoms with van der Waals surface area (Å²) in [4.78, 5) is 0. The minimum Gasteiger partial charge on any atom is -0.497 e. The fourth-order valence-corrected chi connectivity index (χ4v) is 4.82. The number of hydrogen-bond acceptors (Lipinski definition) is 9. The molecule has 9 nitrogen and oxygen atoms in total. The van der Waals surface area contributed by atoms with Gasteiger partial charge in [0.1, 0.15) is 23.9 Å². The number of hydrogen-bond donors (Lipinski definition) is 1. The van der Waals surface area contributed by atoms with E-state index in [4.69, 9.17) is 28.3 Å². The fraction of sp³-hybridized carbons (Fsp3) is 0.375. The normalized spacial score (nSPS) is 15.5. The number of fused-ring (bicyclic) bond motifs is 1. The van der Waals surface area contributed by atoms with Crippen molar-refractivity contribution in [2.45, 2.75) is 45.4 Å². The second-order valence-corrected chi connectivity index (χ2v) is 11.2. The summed E-state index contributed by atoms with van der Waals surface area (Å²) in [6, 6.07) is 17.9. The van der Waals surface area contributed by atoms with E-state index in [1.54, 1.807) is 27.5 Å². The van der Waals surface area contributed by atoms with E-state index >= 15 is 0 Å². The third kappa shape index (κ3) is 6.02. The average Bonchev–Trinajstić information content (AvgIpc) is 3.21. The van der Waals surface area contributed by atoms with Crippen molar-refractivity contribution in [1.29, 1.82) is 0 Å². The third-order valence-electron chi connectivity index (χ3n) is 7.99. The highest BCUT2D eigenvalue weighted by atomic mass is 16.7. The van der Waals surface area contributed by atoms with Gasteiger partial charge in [-0.25, -0.2) is 0 Å². The van der Waals surface area contributed by atoms with E-state index in [-0.39, 0.29) is 0 Å². The molecule has 0 bridgehead atoms. The molecule has 220 valence electrons. The van der Waals surface area contributed by atoms with Gasteiger partial charge < -0.3 is 33.6 Å². The first-order valence-electron chi connectivity index (χ1n) is 14.0. The van der Waals surface area contributed by atoms with Gasteiger partial charge >= 0.3 is 7.12 Å². The SMILES string of the molecule is COCCOc1ccc(B2OC(C)(C)C(C)(C)O2)cc1-c1ccc2c(NCc3ccc(OC)cc3OC)cnnc2c1. The highest BCUT2D eigenvalue weighted by molar-refractivity contribution is 6.62. The molecule has 0 spiro atoms. The second-order valence-electron chi connectivity index (χ2n) is 11.2. The fourth-order valence-electron chi connectivity index (χ4n) is 4.82. The molecule has 0 atom stereocenters. The van der Waals surface area contributed by atoms with Crippen molar-refractivity contribution in [1.82, 2.24) is 10.2 Å². The summed E-state index contributed by atoms with van der Waals surface area (Å²) in [5, 5.41) is 13.2. The molecule has 4 aromatic rings. The largest absolute Gasteiger partial charge is 0.497 e. The average molecular weight is 571 g/mol. The molecule has 0 amide bonds. The number of anilines is 1. The minimum atomic E-state index is -0.493. The van der Waals surface area contributed by atoms with Crippen LogP contribution in [0.5, 0.6) is 17.2 Å². The highest BCUT2D eigenvalue weighted by Crippen LogP contribution is 2.38. The van der Waals surface area contributed by atoms with Gasteiger partial charge in [0, 0.05) is 36.2 Å². The van der Waals surface area contributed by atoms with E-state index in [0.717, 1.165) is 56.0 Å². The predicted molar refractivity (Wildman–Crippen MR) is 165 cm³/mol. The smallest absolute Gasteiger partial charge is 0.494 e. The van der Waals surface area contributed by atoms with Crippen LogP contribution in [0.2, 0.25) is 0 Å². The topological polar surface area (TPSA) is 93.2 Å². The van der Waals surface area contributed by atoms with Crippen LogP contribution in [-0.2, 0) is 20.6 Å². The molecule has 42 heavy (non-hydrogen) atoms. The molecule has 3 aromatic carbocycles. The zero-order valence-electron chi connectivity index (χ0n) is 25.3. The van der Waals surface area contributed by atoms with Gasteiger partial charge in [-0.05, 0) is 69.1 Å². The molecule has 0 unspecified atom stereocenters. The van der Waals surface area contributed by atoms with Crippen LogP contribution >= 0.6 is 0 Å². The maximum atomic E-state index is 6.33. The number of ether oxygens (including phenoxy) is 4. The molecule has 1 aliphatic rings. The van der Waals surface area contributed by atoms with Gasteiger partial charge in [-0.1, -0.05) is 18.2 Å². The summed E-state index contributed by atoms with van der Waals surface area (Å²) in [5.41, 5.74) is 4.50. The van der Waals surface area contributed by atoms with Crippen molar-refractivity contribution in [2.24, 2.45) is 0 Å². The summed E-state index contributed by atoms with van der Waals surface area (Å²) in [7, 11) is 4.45. The lowest BCUT2D eigenvalue weighted by Gasteiger charge is -2.32. The monoisotopic (exact) mass is 571 g/mol. The van der Waals surface area contributed by atoms with Crippen LogP contribution in [-0.4, -0.2) is 63.1 Å². The standard InChI is InChI=1S/C32H38BN3O6/c1-31(2)32(3,4)42-33(41-31)23-10-13-29(40-15-14-37-5)26(17-23)21-9-12-25-27(16-21)36-35-20-28(25)34-19-22-8-11-24(38-6)18-30(22)39-7/h8-13,16-18,20H,14-15,19H2,1-7H3,(H,34,36). The number of rotatable bonds is 11. The Kier molecular flexibility index (Phi) is 8.59. The first kappa shape index (κ1) is 29.6. The van der Waals surface area contributed by atoms with Crippen LogP contribution in [0, 0.1) is 0 Å². The second kappa shape index (κ2) is 12.2. The van der Waals surface area contributed by atoms with Crippen LogP contribution in [0.4, 0.5) is 5.69 Å². The lowest BCUT2D eigenvalue weighted by atomic mass is 9.77. The summed E-state index contributed by atoms with van der Waals surface area (Å²) < 4.78 is 34.9. The van der Waals surface area contributed by atoms with Gasteiger partial charge in [-0.3, -0.25) is 0 Å². The van der Waals surface area contributed by atoms with Gasteiger partial charge in [-0.15, -0.1) is 0 Å². The minimum absolute atomic E-state index is 0.426. The quantitative estimate of drug-likeness (QED) is 0.191. The van der Waals surface area contributed by atoms with E-state index < -0.39 is 18.3 Å². The highest BCUT2D eigenvalue weighted by Gasteiger charge is 2.51. The number of nitrogens with one attached hydrogen (secondary N) is 1. The van der Waals surface area contributed by atoms with Crippen molar-refractivity contribution in [3.8, 4) is 28.4 Å². The van der Waals surface area contributed by atoms with Gasteiger partial charge in [0.05, 0.1) is 49.4 Å². The lowest BCUT2D eigenvalue weighted by Crippen LogP contribution is -2.41. The summed E-state index contributed by atoms with van der Waals surface area (Å²) in [6.07, 6.45) is 1.73.